The molecular formula is C56H60Cl2N6O10. The Bertz CT molecular complexity index is 3000. The number of aliphatic carboxylic acids is 2. The number of hydrogen-bond acceptors (Lipinski definition) is 14. The van der Waals surface area contributed by atoms with E-state index in [9.17, 15) is 19.8 Å². The van der Waals surface area contributed by atoms with Crippen molar-refractivity contribution in [3.63, 3.8) is 0 Å². The van der Waals surface area contributed by atoms with Crippen LogP contribution in [0.25, 0.3) is 11.1 Å². The number of carboxylic acid groups (broad SMARTS) is 2. The first kappa shape index (κ1) is 54.8. The maximum absolute atomic E-state index is 12.1. The number of rotatable bonds is 27. The van der Waals surface area contributed by atoms with E-state index >= 15 is 0 Å². The van der Waals surface area contributed by atoms with Crippen LogP contribution in [0.15, 0.2) is 108 Å². The lowest BCUT2D eigenvalue weighted by molar-refractivity contribution is -0.144. The molecule has 0 radical (unpaired) electrons. The Morgan fingerprint density at radius 1 is 0.649 bits per heavy atom. The maximum Gasteiger partial charge on any atom is 0.323 e. The summed E-state index contributed by atoms with van der Waals surface area (Å²) in [5.41, 5.74) is 10.6. The number of pyridine rings is 2. The zero-order chi connectivity index (χ0) is 52.9. The first-order valence-corrected chi connectivity index (χ1v) is 24.6. The highest BCUT2D eigenvalue weighted by atomic mass is 35.5. The van der Waals surface area contributed by atoms with Gasteiger partial charge in [-0.2, -0.15) is 0 Å². The molecule has 74 heavy (non-hydrogen) atoms. The van der Waals surface area contributed by atoms with Crippen LogP contribution in [0.3, 0.4) is 0 Å². The van der Waals surface area contributed by atoms with E-state index in [2.05, 4.69) is 42.7 Å². The first-order valence-electron chi connectivity index (χ1n) is 23.8. The lowest BCUT2D eigenvalue weighted by Gasteiger charge is -2.22. The summed E-state index contributed by atoms with van der Waals surface area (Å²) in [4.78, 5) is 41.2. The molecule has 1 unspecified atom stereocenters. The zero-order valence-corrected chi connectivity index (χ0v) is 43.7. The molecule has 18 heteroatoms. The predicted molar refractivity (Wildman–Crippen MR) is 284 cm³/mol. The normalized spacial score (nSPS) is 14.6. The van der Waals surface area contributed by atoms with Crippen LogP contribution in [-0.4, -0.2) is 90.1 Å². The number of halogens is 2. The Balaban J connectivity index is 1.09. The van der Waals surface area contributed by atoms with Crippen molar-refractivity contribution in [3.05, 3.63) is 163 Å². The van der Waals surface area contributed by atoms with Gasteiger partial charge in [0, 0.05) is 117 Å². The van der Waals surface area contributed by atoms with Crippen molar-refractivity contribution >= 4 is 47.6 Å². The van der Waals surface area contributed by atoms with Gasteiger partial charge in [-0.1, -0.05) is 59.6 Å². The molecule has 2 aromatic heterocycles. The van der Waals surface area contributed by atoms with Gasteiger partial charge in [0.1, 0.15) is 67.6 Å². The minimum atomic E-state index is -1.05. The smallest absolute Gasteiger partial charge is 0.323 e. The van der Waals surface area contributed by atoms with Crippen LogP contribution in [0.2, 0.25) is 10.0 Å². The van der Waals surface area contributed by atoms with Crippen molar-refractivity contribution in [3.8, 4) is 34.1 Å². The summed E-state index contributed by atoms with van der Waals surface area (Å²) in [6.07, 6.45) is 9.26. The van der Waals surface area contributed by atoms with Crippen LogP contribution in [0.1, 0.15) is 75.5 Å². The molecule has 388 valence electrons. The summed E-state index contributed by atoms with van der Waals surface area (Å²) in [6, 6.07) is 21.0. The standard InChI is InChI=1S/C56H60Cl2N6O10/c1-32-39(30-73-51-18-49(71-28-37-14-36(20-59-5)21-60-22-37)42(16-46(51)57)25-63-53(55(65)66)34(3)69-6)10-8-12-44(32)45-13-9-11-40(33(45)2)31-74-52-19-50(72-29-38-15-41(24-61-23-38)48-27-62-48)43(17-47(52)58)26-64-54(56(67)68)35(4)70-7/h8-24,27,34-35,48,53-54,63-64H,25-26,28-31H2,1-7H3,(H,65,66)(H,67,68)/b59-20+/t34-,35-,48?,53+,54+/m1/s1. The maximum atomic E-state index is 12.1. The SMILES string of the molecule is C/N=C/c1cncc(COc2cc(OCc3cccc(-c4cccc(COc5cc(OCc6cncc(C7C=N7)c6)c(CN[C@H](C(=O)O)[C@@H](C)OC)cc5Cl)c4C)c3C)c(Cl)cc2CN[C@H](C(=O)O)[C@@H](C)OC)c1. The van der Waals surface area contributed by atoms with Crippen molar-refractivity contribution in [2.45, 2.75) is 97.5 Å². The van der Waals surface area contributed by atoms with Gasteiger partial charge in [0.25, 0.3) is 0 Å². The van der Waals surface area contributed by atoms with E-state index in [1.165, 1.54) is 14.2 Å². The van der Waals surface area contributed by atoms with Crippen LogP contribution in [0, 0.1) is 13.8 Å². The number of aliphatic imine (C=N–C) groups is 2. The number of carboxylic acids is 2. The number of nitrogens with one attached hydrogen (secondary N) is 2. The second-order valence-electron chi connectivity index (χ2n) is 17.8. The summed E-state index contributed by atoms with van der Waals surface area (Å²) in [7, 11) is 4.61. The van der Waals surface area contributed by atoms with Crippen molar-refractivity contribution in [2.75, 3.05) is 21.3 Å². The summed E-state index contributed by atoms with van der Waals surface area (Å²) >= 11 is 13.8. The molecule has 0 aliphatic carbocycles. The Hall–Kier alpha value is -6.92. The summed E-state index contributed by atoms with van der Waals surface area (Å²) in [5, 5.41) is 26.6. The van der Waals surface area contributed by atoms with Gasteiger partial charge in [-0.25, -0.2) is 0 Å². The molecule has 3 heterocycles. The predicted octanol–water partition coefficient (Wildman–Crippen LogP) is 9.71. The van der Waals surface area contributed by atoms with E-state index in [1.807, 2.05) is 56.5 Å². The van der Waals surface area contributed by atoms with Crippen molar-refractivity contribution in [1.29, 1.82) is 0 Å². The molecule has 0 saturated carbocycles. The molecule has 7 rings (SSSR count). The van der Waals surface area contributed by atoms with Gasteiger partial charge in [-0.15, -0.1) is 0 Å². The van der Waals surface area contributed by atoms with Crippen LogP contribution < -0.4 is 29.6 Å². The number of benzene rings is 4. The van der Waals surface area contributed by atoms with Gasteiger partial charge in [0.2, 0.25) is 0 Å². The Labute approximate surface area is 440 Å². The Kier molecular flexibility index (Phi) is 19.1. The molecule has 0 saturated heterocycles. The number of nitrogens with zero attached hydrogens (tertiary/aromatic N) is 4. The third-order valence-electron chi connectivity index (χ3n) is 12.8. The lowest BCUT2D eigenvalue weighted by atomic mass is 9.92. The van der Waals surface area contributed by atoms with Crippen molar-refractivity contribution in [2.24, 2.45) is 9.98 Å². The molecule has 4 aromatic carbocycles. The largest absolute Gasteiger partial charge is 0.488 e. The molecule has 16 nitrogen and oxygen atoms in total. The molecular weight excluding hydrogens is 988 g/mol. The topological polar surface area (TPSA) is 205 Å². The van der Waals surface area contributed by atoms with E-state index in [1.54, 1.807) is 76.2 Å². The van der Waals surface area contributed by atoms with Gasteiger partial charge >= 0.3 is 11.9 Å². The molecule has 0 fully saturated rings. The summed E-state index contributed by atoms with van der Waals surface area (Å²) in [6.45, 7) is 8.42. The molecule has 1 aliphatic rings. The number of methoxy groups -OCH3 is 2. The van der Waals surface area contributed by atoms with Gasteiger partial charge in [0.15, 0.2) is 0 Å². The van der Waals surface area contributed by atoms with E-state index in [0.717, 1.165) is 55.6 Å². The van der Waals surface area contributed by atoms with Crippen molar-refractivity contribution in [1.82, 2.24) is 20.6 Å². The first-order chi connectivity index (χ1) is 35.7. The third kappa shape index (κ3) is 14.2. The van der Waals surface area contributed by atoms with E-state index in [0.29, 0.717) is 44.2 Å². The highest BCUT2D eigenvalue weighted by molar-refractivity contribution is 6.32. The number of ether oxygens (including phenoxy) is 6. The zero-order valence-electron chi connectivity index (χ0n) is 42.2. The third-order valence-corrected chi connectivity index (χ3v) is 13.3. The molecule has 0 spiro atoms. The fourth-order valence-electron chi connectivity index (χ4n) is 8.20. The second-order valence-corrected chi connectivity index (χ2v) is 18.6. The average Bonchev–Trinajstić information content (AvgIpc) is 4.25. The van der Waals surface area contributed by atoms with E-state index in [4.69, 9.17) is 51.6 Å². The fraction of sp³-hybridized carbons (Fsp3) is 0.321. The van der Waals surface area contributed by atoms with E-state index in [-0.39, 0.29) is 45.6 Å². The molecule has 6 aromatic rings. The lowest BCUT2D eigenvalue weighted by Crippen LogP contribution is -2.45. The fourth-order valence-corrected chi connectivity index (χ4v) is 8.69. The molecule has 0 amide bonds. The highest BCUT2D eigenvalue weighted by Gasteiger charge is 2.27. The monoisotopic (exact) mass is 1050 g/mol. The minimum absolute atomic E-state index is 0.0333. The minimum Gasteiger partial charge on any atom is -0.488 e. The molecule has 1 aliphatic heterocycles. The van der Waals surface area contributed by atoms with Crippen LogP contribution in [0.5, 0.6) is 23.0 Å². The number of hydrogen-bond donors (Lipinski definition) is 4. The number of aromatic nitrogens is 2. The van der Waals surface area contributed by atoms with E-state index < -0.39 is 36.2 Å². The molecule has 0 bridgehead atoms. The summed E-state index contributed by atoms with van der Waals surface area (Å²) < 4.78 is 36.2. The van der Waals surface area contributed by atoms with Gasteiger partial charge in [0.05, 0.1) is 22.3 Å². The molecule has 5 atom stereocenters. The Morgan fingerprint density at radius 2 is 1.11 bits per heavy atom. The van der Waals surface area contributed by atoms with Gasteiger partial charge in [-0.05, 0) is 85.3 Å². The van der Waals surface area contributed by atoms with Gasteiger partial charge in [-0.3, -0.25) is 40.2 Å². The van der Waals surface area contributed by atoms with Crippen LogP contribution in [-0.2, 0) is 58.6 Å². The second kappa shape index (κ2) is 25.8. The molecule has 4 N–H and O–H groups in total. The highest BCUT2D eigenvalue weighted by Crippen LogP contribution is 2.38. The van der Waals surface area contributed by atoms with Gasteiger partial charge < -0.3 is 38.6 Å². The quantitative estimate of drug-likeness (QED) is 0.0355. The van der Waals surface area contributed by atoms with Crippen LogP contribution >= 0.6 is 23.2 Å². The van der Waals surface area contributed by atoms with Crippen molar-refractivity contribution < 1.29 is 48.2 Å². The number of carbonyl (C=O) groups is 2. The Morgan fingerprint density at radius 3 is 1.55 bits per heavy atom. The average molecular weight is 1050 g/mol. The summed E-state index contributed by atoms with van der Waals surface area (Å²) in [5.74, 6) is -0.428. The van der Waals surface area contributed by atoms with Crippen LogP contribution in [0.4, 0.5) is 0 Å².